The van der Waals surface area contributed by atoms with Crippen molar-refractivity contribution in [3.8, 4) is 0 Å². The molecule has 0 aliphatic heterocycles. The highest BCUT2D eigenvalue weighted by Crippen LogP contribution is 2.32. The van der Waals surface area contributed by atoms with Crippen LogP contribution >= 0.6 is 0 Å². The predicted molar refractivity (Wildman–Crippen MR) is 46.4 cm³/mol. The first-order chi connectivity index (χ1) is 6.72. The maximum atomic E-state index is 12.1. The molecule has 0 aromatic heterocycles. The van der Waals surface area contributed by atoms with E-state index in [0.29, 0.717) is 12.8 Å². The fraction of sp³-hybridized carbons (Fsp3) is 1.00. The van der Waals surface area contributed by atoms with Crippen LogP contribution in [-0.2, 0) is 10.0 Å². The molecule has 90 valence electrons. The van der Waals surface area contributed by atoms with E-state index in [9.17, 15) is 21.6 Å². The molecule has 0 bridgehead atoms. The first kappa shape index (κ1) is 12.7. The minimum atomic E-state index is -5.36. The molecule has 0 amide bonds. The summed E-state index contributed by atoms with van der Waals surface area (Å²) in [7, 11) is -5.36. The average Bonchev–Trinajstić information content (AvgIpc) is 2.51. The first-order valence-corrected chi connectivity index (χ1v) is 5.92. The minimum absolute atomic E-state index is 0.235. The second-order valence-electron chi connectivity index (χ2n) is 3.70. The Hall–Kier alpha value is -0.340. The molecule has 1 aliphatic carbocycles. The second kappa shape index (κ2) is 3.91. The summed E-state index contributed by atoms with van der Waals surface area (Å²) in [6.07, 6.45) is 1.69. The highest BCUT2D eigenvalue weighted by Gasteiger charge is 2.50. The number of sulfonamides is 1. The van der Waals surface area contributed by atoms with Crippen molar-refractivity contribution in [3.05, 3.63) is 0 Å². The lowest BCUT2D eigenvalue weighted by Crippen LogP contribution is -2.53. The van der Waals surface area contributed by atoms with E-state index in [1.165, 1.54) is 0 Å². The molecule has 1 fully saturated rings. The van der Waals surface area contributed by atoms with Gasteiger partial charge in [0.15, 0.2) is 0 Å². The van der Waals surface area contributed by atoms with Gasteiger partial charge in [-0.05, 0) is 12.8 Å². The van der Waals surface area contributed by atoms with Crippen LogP contribution < -0.4 is 4.72 Å². The lowest BCUT2D eigenvalue weighted by Gasteiger charge is -2.27. The largest absolute Gasteiger partial charge is 0.511 e. The third kappa shape index (κ3) is 2.61. The van der Waals surface area contributed by atoms with E-state index in [0.717, 1.165) is 0 Å². The highest BCUT2D eigenvalue weighted by molar-refractivity contribution is 7.90. The molecule has 0 unspecified atom stereocenters. The molecule has 15 heavy (non-hydrogen) atoms. The van der Waals surface area contributed by atoms with E-state index in [2.05, 4.69) is 0 Å². The zero-order valence-corrected chi connectivity index (χ0v) is 8.66. The maximum absolute atomic E-state index is 12.1. The summed E-state index contributed by atoms with van der Waals surface area (Å²) in [5.74, 6) is 0. The van der Waals surface area contributed by atoms with Crippen molar-refractivity contribution in [2.24, 2.45) is 0 Å². The number of hydrogen-bond acceptors (Lipinski definition) is 3. The van der Waals surface area contributed by atoms with Crippen LogP contribution in [0.2, 0.25) is 0 Å². The third-order valence-electron chi connectivity index (χ3n) is 2.52. The number of aliphatic hydroxyl groups is 1. The first-order valence-electron chi connectivity index (χ1n) is 4.44. The topological polar surface area (TPSA) is 66.4 Å². The van der Waals surface area contributed by atoms with Crippen molar-refractivity contribution in [2.45, 2.75) is 36.7 Å². The van der Waals surface area contributed by atoms with Gasteiger partial charge < -0.3 is 5.11 Å². The number of hydrogen-bond donors (Lipinski definition) is 2. The van der Waals surface area contributed by atoms with Gasteiger partial charge in [-0.15, -0.1) is 0 Å². The van der Waals surface area contributed by atoms with Gasteiger partial charge in [-0.25, -0.2) is 8.42 Å². The number of rotatable bonds is 3. The molecular formula is C7H12F3NO3S. The Morgan fingerprint density at radius 2 is 1.73 bits per heavy atom. The van der Waals surface area contributed by atoms with Gasteiger partial charge in [0, 0.05) is 0 Å². The molecule has 0 saturated heterocycles. The summed E-state index contributed by atoms with van der Waals surface area (Å²) >= 11 is 0. The van der Waals surface area contributed by atoms with E-state index in [-0.39, 0.29) is 12.8 Å². The standard InChI is InChI=1S/C7H12F3NO3S/c8-7(9,10)15(13,14)11-6(5-12)3-1-2-4-6/h11-12H,1-5H2. The number of aliphatic hydroxyl groups excluding tert-OH is 1. The van der Waals surface area contributed by atoms with E-state index in [1.54, 1.807) is 4.72 Å². The van der Waals surface area contributed by atoms with E-state index >= 15 is 0 Å². The fourth-order valence-electron chi connectivity index (χ4n) is 1.69. The molecule has 4 nitrogen and oxygen atoms in total. The molecule has 0 atom stereocenters. The monoisotopic (exact) mass is 247 g/mol. The normalized spacial score (nSPS) is 21.9. The summed E-state index contributed by atoms with van der Waals surface area (Å²) < 4.78 is 59.4. The van der Waals surface area contributed by atoms with Gasteiger partial charge in [-0.3, -0.25) is 0 Å². The van der Waals surface area contributed by atoms with Crippen LogP contribution in [0.3, 0.4) is 0 Å². The van der Waals surface area contributed by atoms with Crippen molar-refractivity contribution >= 4 is 10.0 Å². The van der Waals surface area contributed by atoms with Gasteiger partial charge in [0.05, 0.1) is 12.1 Å². The summed E-state index contributed by atoms with van der Waals surface area (Å²) in [5, 5.41) is 8.95. The highest BCUT2D eigenvalue weighted by atomic mass is 32.2. The smallest absolute Gasteiger partial charge is 0.394 e. The van der Waals surface area contributed by atoms with Crippen molar-refractivity contribution in [1.29, 1.82) is 0 Å². The molecule has 1 aliphatic rings. The maximum Gasteiger partial charge on any atom is 0.511 e. The molecular weight excluding hydrogens is 235 g/mol. The van der Waals surface area contributed by atoms with Crippen LogP contribution in [0.5, 0.6) is 0 Å². The zero-order chi connectivity index (χ0) is 11.7. The van der Waals surface area contributed by atoms with Crippen LogP contribution in [0.1, 0.15) is 25.7 Å². The van der Waals surface area contributed by atoms with Crippen molar-refractivity contribution in [1.82, 2.24) is 4.72 Å². The van der Waals surface area contributed by atoms with Crippen LogP contribution in [0.15, 0.2) is 0 Å². The molecule has 0 heterocycles. The molecule has 8 heteroatoms. The third-order valence-corrected chi connectivity index (χ3v) is 3.83. The summed E-state index contributed by atoms with van der Waals surface area (Å²) in [4.78, 5) is 0. The lowest BCUT2D eigenvalue weighted by molar-refractivity contribution is -0.0460. The van der Waals surface area contributed by atoms with Crippen LogP contribution in [0.4, 0.5) is 13.2 Å². The van der Waals surface area contributed by atoms with Gasteiger partial charge in [0.1, 0.15) is 0 Å². The van der Waals surface area contributed by atoms with Crippen molar-refractivity contribution in [2.75, 3.05) is 6.61 Å². The van der Waals surface area contributed by atoms with Crippen molar-refractivity contribution in [3.63, 3.8) is 0 Å². The SMILES string of the molecule is O=S(=O)(NC1(CO)CCCC1)C(F)(F)F. The Labute approximate surface area is 85.5 Å². The lowest BCUT2D eigenvalue weighted by atomic mass is 10.0. The molecule has 1 saturated carbocycles. The van der Waals surface area contributed by atoms with Gasteiger partial charge in [-0.2, -0.15) is 17.9 Å². The number of halogens is 3. The Kier molecular flexibility index (Phi) is 3.32. The molecule has 0 spiro atoms. The summed E-state index contributed by atoms with van der Waals surface area (Å²) in [6, 6.07) is 0. The molecule has 0 aromatic carbocycles. The Bertz CT molecular complexity index is 319. The predicted octanol–water partition coefficient (Wildman–Crippen LogP) is 0.731. The Morgan fingerprint density at radius 3 is 2.07 bits per heavy atom. The van der Waals surface area contributed by atoms with Crippen LogP contribution in [0.25, 0.3) is 0 Å². The van der Waals surface area contributed by atoms with E-state index in [1.807, 2.05) is 0 Å². The van der Waals surface area contributed by atoms with E-state index in [4.69, 9.17) is 5.11 Å². The molecule has 0 aromatic rings. The molecule has 1 rings (SSSR count). The number of nitrogens with one attached hydrogen (secondary N) is 1. The summed E-state index contributed by atoms with van der Waals surface area (Å²) in [6.45, 7) is -0.609. The van der Waals surface area contributed by atoms with Gasteiger partial charge in [0.2, 0.25) is 0 Å². The Balaban J connectivity index is 2.84. The van der Waals surface area contributed by atoms with Crippen molar-refractivity contribution < 1.29 is 26.7 Å². The average molecular weight is 247 g/mol. The van der Waals surface area contributed by atoms with Gasteiger partial charge in [0.25, 0.3) is 0 Å². The second-order valence-corrected chi connectivity index (χ2v) is 5.37. The quantitative estimate of drug-likeness (QED) is 0.772. The fourth-order valence-corrected chi connectivity index (χ4v) is 2.64. The number of alkyl halides is 3. The van der Waals surface area contributed by atoms with Crippen LogP contribution in [0, 0.1) is 0 Å². The molecule has 0 radical (unpaired) electrons. The molecule has 2 N–H and O–H groups in total. The minimum Gasteiger partial charge on any atom is -0.394 e. The van der Waals surface area contributed by atoms with Gasteiger partial charge >= 0.3 is 15.5 Å². The Morgan fingerprint density at radius 1 is 1.27 bits per heavy atom. The van der Waals surface area contributed by atoms with Gasteiger partial charge in [-0.1, -0.05) is 12.8 Å². The summed E-state index contributed by atoms with van der Waals surface area (Å²) in [5.41, 5.74) is -6.65. The zero-order valence-electron chi connectivity index (χ0n) is 7.84. The van der Waals surface area contributed by atoms with Crippen LogP contribution in [-0.4, -0.2) is 31.2 Å². The van der Waals surface area contributed by atoms with E-state index < -0.39 is 27.7 Å².